The molecular weight excluding hydrogens is 270 g/mol. The fraction of sp³-hybridized carbons (Fsp3) is 0.333. The molecule has 0 saturated carbocycles. The number of benzene rings is 1. The molecule has 0 aliphatic heterocycles. The van der Waals surface area contributed by atoms with Crippen LogP contribution in [0.1, 0.15) is 20.7 Å². The van der Waals surface area contributed by atoms with Gasteiger partial charge in [0.25, 0.3) is 5.91 Å². The lowest BCUT2D eigenvalue weighted by molar-refractivity contribution is 0.0600. The van der Waals surface area contributed by atoms with Crippen LogP contribution in [0.3, 0.4) is 0 Å². The molecule has 1 N–H and O–H groups in total. The van der Waals surface area contributed by atoms with Gasteiger partial charge >= 0.3 is 5.97 Å². The average molecular weight is 285 g/mol. The summed E-state index contributed by atoms with van der Waals surface area (Å²) in [4.78, 5) is 23.0. The summed E-state index contributed by atoms with van der Waals surface area (Å²) in [6.45, 7) is 0.0279. The van der Waals surface area contributed by atoms with Crippen LogP contribution in [0, 0.1) is 0 Å². The number of rotatable bonds is 5. The highest BCUT2D eigenvalue weighted by Crippen LogP contribution is 2.06. The molecule has 7 heteroatoms. The second-order valence-corrected chi connectivity index (χ2v) is 6.22. The highest BCUT2D eigenvalue weighted by atomic mass is 32.2. The summed E-state index contributed by atoms with van der Waals surface area (Å²) in [5.41, 5.74) is 0.537. The van der Waals surface area contributed by atoms with Crippen molar-refractivity contribution in [3.63, 3.8) is 0 Å². The maximum absolute atomic E-state index is 11.7. The van der Waals surface area contributed by atoms with E-state index in [2.05, 4.69) is 10.1 Å². The Kier molecular flexibility index (Phi) is 5.05. The van der Waals surface area contributed by atoms with Crippen molar-refractivity contribution in [2.45, 2.75) is 0 Å². The van der Waals surface area contributed by atoms with Crippen LogP contribution in [0.4, 0.5) is 0 Å². The molecule has 6 nitrogen and oxygen atoms in total. The number of amides is 1. The zero-order valence-electron chi connectivity index (χ0n) is 10.7. The molecule has 0 unspecified atom stereocenters. The number of hydrogen-bond donors (Lipinski definition) is 1. The van der Waals surface area contributed by atoms with Gasteiger partial charge in [0.15, 0.2) is 0 Å². The van der Waals surface area contributed by atoms with E-state index in [9.17, 15) is 18.0 Å². The van der Waals surface area contributed by atoms with Gasteiger partial charge in [-0.15, -0.1) is 0 Å². The Bertz CT molecular complexity index is 580. The smallest absolute Gasteiger partial charge is 0.337 e. The number of sulfone groups is 1. The molecule has 0 spiro atoms. The Hall–Kier alpha value is -1.89. The minimum Gasteiger partial charge on any atom is -0.465 e. The van der Waals surface area contributed by atoms with Crippen LogP contribution in [-0.2, 0) is 14.6 Å². The summed E-state index contributed by atoms with van der Waals surface area (Å²) in [5.74, 6) is -1.10. The number of esters is 1. The van der Waals surface area contributed by atoms with E-state index in [1.165, 1.54) is 25.3 Å². The van der Waals surface area contributed by atoms with Crippen molar-refractivity contribution >= 4 is 21.7 Å². The second-order valence-electron chi connectivity index (χ2n) is 3.96. The number of nitrogens with one attached hydrogen (secondary N) is 1. The molecular formula is C12H15NO5S. The third-order valence-corrected chi connectivity index (χ3v) is 3.25. The van der Waals surface area contributed by atoms with Crippen LogP contribution in [0.5, 0.6) is 0 Å². The minimum absolute atomic E-state index is 0.0279. The summed E-state index contributed by atoms with van der Waals surface area (Å²) in [5, 5.41) is 2.47. The first-order chi connectivity index (χ1) is 8.83. The van der Waals surface area contributed by atoms with E-state index >= 15 is 0 Å². The third kappa shape index (κ3) is 5.09. The first-order valence-electron chi connectivity index (χ1n) is 5.48. The van der Waals surface area contributed by atoms with Crippen LogP contribution < -0.4 is 5.32 Å². The van der Waals surface area contributed by atoms with Crippen LogP contribution in [0.15, 0.2) is 24.3 Å². The summed E-state index contributed by atoms with van der Waals surface area (Å²) in [6.07, 6.45) is 1.09. The van der Waals surface area contributed by atoms with Crippen molar-refractivity contribution in [1.82, 2.24) is 5.32 Å². The number of carbonyl (C=O) groups excluding carboxylic acids is 2. The summed E-state index contributed by atoms with van der Waals surface area (Å²) in [7, 11) is -1.87. The van der Waals surface area contributed by atoms with Crippen molar-refractivity contribution in [2.75, 3.05) is 25.7 Å². The molecule has 19 heavy (non-hydrogen) atoms. The monoisotopic (exact) mass is 285 g/mol. The molecule has 0 saturated heterocycles. The third-order valence-electron chi connectivity index (χ3n) is 2.30. The molecule has 0 radical (unpaired) electrons. The number of ether oxygens (including phenoxy) is 1. The van der Waals surface area contributed by atoms with Gasteiger partial charge in [-0.1, -0.05) is 6.07 Å². The maximum atomic E-state index is 11.7. The standard InChI is InChI=1S/C12H15NO5S/c1-18-12(15)10-5-3-4-9(8-10)11(14)13-6-7-19(2,16)17/h3-5,8H,6-7H2,1-2H3,(H,13,14). The fourth-order valence-corrected chi connectivity index (χ4v) is 1.83. The summed E-state index contributed by atoms with van der Waals surface area (Å²) in [6, 6.07) is 6.00. The Morgan fingerprint density at radius 3 is 2.47 bits per heavy atom. The highest BCUT2D eigenvalue weighted by molar-refractivity contribution is 7.90. The maximum Gasteiger partial charge on any atom is 0.337 e. The molecule has 0 bridgehead atoms. The fourth-order valence-electron chi connectivity index (χ4n) is 1.36. The van der Waals surface area contributed by atoms with E-state index in [-0.39, 0.29) is 23.4 Å². The van der Waals surface area contributed by atoms with Gasteiger partial charge in [-0.25, -0.2) is 13.2 Å². The van der Waals surface area contributed by atoms with E-state index in [0.29, 0.717) is 0 Å². The largest absolute Gasteiger partial charge is 0.465 e. The van der Waals surface area contributed by atoms with Gasteiger partial charge in [0.1, 0.15) is 9.84 Å². The molecule has 1 aromatic carbocycles. The van der Waals surface area contributed by atoms with E-state index < -0.39 is 21.7 Å². The van der Waals surface area contributed by atoms with Gasteiger partial charge in [-0.2, -0.15) is 0 Å². The van der Waals surface area contributed by atoms with Gasteiger partial charge in [-0.05, 0) is 18.2 Å². The molecule has 1 aromatic rings. The lowest BCUT2D eigenvalue weighted by Crippen LogP contribution is -2.28. The molecule has 0 aromatic heterocycles. The van der Waals surface area contributed by atoms with E-state index in [1.54, 1.807) is 6.07 Å². The van der Waals surface area contributed by atoms with Crippen LogP contribution in [0.2, 0.25) is 0 Å². The van der Waals surface area contributed by atoms with E-state index in [0.717, 1.165) is 6.26 Å². The molecule has 0 aliphatic rings. The molecule has 0 fully saturated rings. The van der Waals surface area contributed by atoms with E-state index in [1.807, 2.05) is 0 Å². The first-order valence-corrected chi connectivity index (χ1v) is 7.54. The predicted octanol–water partition coefficient (Wildman–Crippen LogP) is 0.248. The van der Waals surface area contributed by atoms with Crippen molar-refractivity contribution in [3.8, 4) is 0 Å². The Morgan fingerprint density at radius 2 is 1.89 bits per heavy atom. The molecule has 1 rings (SSSR count). The highest BCUT2D eigenvalue weighted by Gasteiger charge is 2.11. The van der Waals surface area contributed by atoms with Crippen LogP contribution in [0.25, 0.3) is 0 Å². The van der Waals surface area contributed by atoms with Gasteiger partial charge in [0.2, 0.25) is 0 Å². The first kappa shape index (κ1) is 15.2. The van der Waals surface area contributed by atoms with Crippen molar-refractivity contribution < 1.29 is 22.7 Å². The zero-order chi connectivity index (χ0) is 14.5. The molecule has 0 atom stereocenters. The van der Waals surface area contributed by atoms with Gasteiger partial charge in [0.05, 0.1) is 18.4 Å². The number of hydrogen-bond acceptors (Lipinski definition) is 5. The van der Waals surface area contributed by atoms with Crippen molar-refractivity contribution in [2.24, 2.45) is 0 Å². The zero-order valence-corrected chi connectivity index (χ0v) is 11.5. The lowest BCUT2D eigenvalue weighted by atomic mass is 10.1. The van der Waals surface area contributed by atoms with Crippen molar-refractivity contribution in [3.05, 3.63) is 35.4 Å². The second kappa shape index (κ2) is 6.33. The Balaban J connectivity index is 2.70. The Labute approximate surface area is 111 Å². The van der Waals surface area contributed by atoms with Gasteiger partial charge < -0.3 is 10.1 Å². The number of carbonyl (C=O) groups is 2. The van der Waals surface area contributed by atoms with Gasteiger partial charge in [-0.3, -0.25) is 4.79 Å². The normalized spacial score (nSPS) is 10.8. The molecule has 1 amide bonds. The Morgan fingerprint density at radius 1 is 1.26 bits per heavy atom. The minimum atomic E-state index is -3.12. The quantitative estimate of drug-likeness (QED) is 0.783. The molecule has 104 valence electrons. The summed E-state index contributed by atoms with van der Waals surface area (Å²) >= 11 is 0. The van der Waals surface area contributed by atoms with Crippen molar-refractivity contribution in [1.29, 1.82) is 0 Å². The van der Waals surface area contributed by atoms with Crippen LogP contribution >= 0.6 is 0 Å². The van der Waals surface area contributed by atoms with Gasteiger partial charge in [0, 0.05) is 18.4 Å². The SMILES string of the molecule is COC(=O)c1cccc(C(=O)NCCS(C)(=O)=O)c1. The van der Waals surface area contributed by atoms with Crippen LogP contribution in [-0.4, -0.2) is 46.0 Å². The molecule has 0 heterocycles. The van der Waals surface area contributed by atoms with E-state index in [4.69, 9.17) is 0 Å². The average Bonchev–Trinajstić information content (AvgIpc) is 2.36. The lowest BCUT2D eigenvalue weighted by Gasteiger charge is -2.05. The topological polar surface area (TPSA) is 89.5 Å². The predicted molar refractivity (Wildman–Crippen MR) is 69.8 cm³/mol. The number of methoxy groups -OCH3 is 1. The summed E-state index contributed by atoms with van der Waals surface area (Å²) < 4.78 is 26.4. The molecule has 0 aliphatic carbocycles.